The Bertz CT molecular complexity index is 670. The fourth-order valence-corrected chi connectivity index (χ4v) is 1.62. The minimum atomic E-state index is -0.774. The normalized spacial score (nSPS) is 9.80. The van der Waals surface area contributed by atoms with Crippen LogP contribution in [0.5, 0.6) is 5.75 Å². The molecule has 108 valence electrons. The summed E-state index contributed by atoms with van der Waals surface area (Å²) in [6, 6.07) is 4.39. The fourth-order valence-electron chi connectivity index (χ4n) is 1.62. The Morgan fingerprint density at radius 1 is 1.30 bits per heavy atom. The van der Waals surface area contributed by atoms with Crippen molar-refractivity contribution in [2.24, 2.45) is 0 Å². The number of rotatable bonds is 2. The van der Waals surface area contributed by atoms with Gasteiger partial charge in [0, 0.05) is 11.5 Å². The van der Waals surface area contributed by atoms with Crippen LogP contribution in [0.15, 0.2) is 27.4 Å². The number of hydrogen-bond donors (Lipinski definition) is 1. The maximum atomic E-state index is 11.6. The predicted octanol–water partition coefficient (Wildman–Crippen LogP) is 3.01. The topological polar surface area (TPSA) is 76.7 Å². The molecule has 0 bridgehead atoms. The second-order valence-corrected chi connectivity index (χ2v) is 3.84. The van der Waals surface area contributed by atoms with E-state index in [1.54, 1.807) is 19.9 Å². The predicted molar refractivity (Wildman–Crippen MR) is 76.2 cm³/mol. The van der Waals surface area contributed by atoms with Crippen LogP contribution >= 0.6 is 0 Å². The molecule has 0 amide bonds. The molecule has 20 heavy (non-hydrogen) atoms. The van der Waals surface area contributed by atoms with Crippen molar-refractivity contribution in [2.75, 3.05) is 6.61 Å². The fraction of sp³-hybridized carbons (Fsp3) is 0.333. The SMILES string of the molecule is CC.CCOC(=O)c1cc2cc(C)c(O)cc2oc1=O. The zero-order valence-electron chi connectivity index (χ0n) is 12.0. The first-order valence-corrected chi connectivity index (χ1v) is 6.47. The molecule has 0 aliphatic carbocycles. The molecule has 0 saturated heterocycles. The van der Waals surface area contributed by atoms with Crippen molar-refractivity contribution < 1.29 is 19.1 Å². The van der Waals surface area contributed by atoms with Gasteiger partial charge >= 0.3 is 11.6 Å². The first kappa shape index (κ1) is 15.8. The molecule has 0 unspecified atom stereocenters. The summed E-state index contributed by atoms with van der Waals surface area (Å²) in [6.45, 7) is 7.55. The van der Waals surface area contributed by atoms with E-state index >= 15 is 0 Å². The molecule has 0 radical (unpaired) electrons. The van der Waals surface area contributed by atoms with Gasteiger partial charge in [0.05, 0.1) is 6.61 Å². The third-order valence-electron chi connectivity index (χ3n) is 2.55. The lowest BCUT2D eigenvalue weighted by Gasteiger charge is -2.04. The molecule has 0 aliphatic heterocycles. The number of esters is 1. The first-order chi connectivity index (χ1) is 9.52. The molecule has 5 heteroatoms. The standard InChI is InChI=1S/C13H12O5.C2H6/c1-3-17-12(15)9-5-8-4-7(2)10(14)6-11(8)18-13(9)16;1-2/h4-6,14H,3H2,1-2H3;1-2H3. The Balaban J connectivity index is 0.000000956. The number of carbonyl (C=O) groups is 1. The van der Waals surface area contributed by atoms with Crippen molar-refractivity contribution in [3.63, 3.8) is 0 Å². The quantitative estimate of drug-likeness (QED) is 0.675. The van der Waals surface area contributed by atoms with Crippen LogP contribution in [0.4, 0.5) is 0 Å². The summed E-state index contributed by atoms with van der Waals surface area (Å²) in [7, 11) is 0. The van der Waals surface area contributed by atoms with Crippen LogP contribution in [-0.2, 0) is 4.74 Å². The highest BCUT2D eigenvalue weighted by molar-refractivity contribution is 5.93. The highest BCUT2D eigenvalue weighted by atomic mass is 16.5. The van der Waals surface area contributed by atoms with Crippen LogP contribution in [-0.4, -0.2) is 17.7 Å². The molecule has 0 spiro atoms. The number of phenolic OH excluding ortho intramolecular Hbond substituents is 1. The Morgan fingerprint density at radius 3 is 2.55 bits per heavy atom. The van der Waals surface area contributed by atoms with Crippen molar-refractivity contribution >= 4 is 16.9 Å². The van der Waals surface area contributed by atoms with Gasteiger partial charge in [0.1, 0.15) is 16.9 Å². The average Bonchev–Trinajstić information content (AvgIpc) is 2.42. The van der Waals surface area contributed by atoms with Gasteiger partial charge in [0.2, 0.25) is 0 Å². The van der Waals surface area contributed by atoms with E-state index in [-0.39, 0.29) is 23.5 Å². The van der Waals surface area contributed by atoms with Crippen molar-refractivity contribution in [3.8, 4) is 5.75 Å². The Hall–Kier alpha value is -2.30. The molecule has 1 aromatic heterocycles. The summed E-state index contributed by atoms with van der Waals surface area (Å²) in [5, 5.41) is 10.1. The third-order valence-corrected chi connectivity index (χ3v) is 2.55. The van der Waals surface area contributed by atoms with E-state index in [1.165, 1.54) is 12.1 Å². The van der Waals surface area contributed by atoms with E-state index in [1.807, 2.05) is 13.8 Å². The summed E-state index contributed by atoms with van der Waals surface area (Å²) in [6.07, 6.45) is 0. The second kappa shape index (κ2) is 6.75. The number of hydrogen-bond acceptors (Lipinski definition) is 5. The summed E-state index contributed by atoms with van der Waals surface area (Å²) >= 11 is 0. The van der Waals surface area contributed by atoms with Gasteiger partial charge in [-0.2, -0.15) is 0 Å². The molecule has 1 aromatic carbocycles. The van der Waals surface area contributed by atoms with Gasteiger partial charge in [-0.15, -0.1) is 0 Å². The maximum absolute atomic E-state index is 11.6. The van der Waals surface area contributed by atoms with Crippen LogP contribution in [0.3, 0.4) is 0 Å². The van der Waals surface area contributed by atoms with Crippen LogP contribution in [0.1, 0.15) is 36.7 Å². The van der Waals surface area contributed by atoms with Gasteiger partial charge in [0.25, 0.3) is 0 Å². The molecule has 2 aromatic rings. The van der Waals surface area contributed by atoms with Gasteiger partial charge in [-0.25, -0.2) is 9.59 Å². The molecule has 2 rings (SSSR count). The van der Waals surface area contributed by atoms with E-state index in [2.05, 4.69) is 0 Å². The van der Waals surface area contributed by atoms with E-state index < -0.39 is 11.6 Å². The molecule has 1 heterocycles. The largest absolute Gasteiger partial charge is 0.508 e. The van der Waals surface area contributed by atoms with Crippen molar-refractivity contribution in [2.45, 2.75) is 27.7 Å². The monoisotopic (exact) mass is 278 g/mol. The highest BCUT2D eigenvalue weighted by Crippen LogP contribution is 2.23. The number of phenols is 1. The second-order valence-electron chi connectivity index (χ2n) is 3.84. The van der Waals surface area contributed by atoms with Crippen LogP contribution in [0.25, 0.3) is 11.0 Å². The molecule has 0 saturated carbocycles. The summed E-state index contributed by atoms with van der Waals surface area (Å²) in [5.74, 6) is -0.673. The van der Waals surface area contributed by atoms with E-state index in [4.69, 9.17) is 9.15 Å². The highest BCUT2D eigenvalue weighted by Gasteiger charge is 2.15. The average molecular weight is 278 g/mol. The molecule has 1 N–H and O–H groups in total. The van der Waals surface area contributed by atoms with Gasteiger partial charge in [-0.1, -0.05) is 13.8 Å². The third kappa shape index (κ3) is 3.17. The number of carbonyl (C=O) groups excluding carboxylic acids is 1. The molecular formula is C15H18O5. The minimum Gasteiger partial charge on any atom is -0.508 e. The zero-order valence-corrected chi connectivity index (χ0v) is 12.0. The smallest absolute Gasteiger partial charge is 0.351 e. The van der Waals surface area contributed by atoms with Gasteiger partial charge in [-0.05, 0) is 31.5 Å². The van der Waals surface area contributed by atoms with Crippen LogP contribution in [0, 0.1) is 6.92 Å². The molecule has 0 fully saturated rings. The Morgan fingerprint density at radius 2 is 1.95 bits per heavy atom. The number of fused-ring (bicyclic) bond motifs is 1. The Kier molecular flexibility index (Phi) is 5.32. The summed E-state index contributed by atoms with van der Waals surface area (Å²) < 4.78 is 9.74. The van der Waals surface area contributed by atoms with Crippen molar-refractivity contribution in [1.29, 1.82) is 0 Å². The number of ether oxygens (including phenoxy) is 1. The van der Waals surface area contributed by atoms with E-state index in [0.29, 0.717) is 10.9 Å². The molecular weight excluding hydrogens is 260 g/mol. The zero-order chi connectivity index (χ0) is 15.3. The van der Waals surface area contributed by atoms with Gasteiger partial charge in [-0.3, -0.25) is 0 Å². The molecule has 5 nitrogen and oxygen atoms in total. The first-order valence-electron chi connectivity index (χ1n) is 6.47. The Labute approximate surface area is 116 Å². The van der Waals surface area contributed by atoms with Gasteiger partial charge in [0.15, 0.2) is 0 Å². The maximum Gasteiger partial charge on any atom is 0.351 e. The lowest BCUT2D eigenvalue weighted by atomic mass is 10.1. The number of aromatic hydroxyl groups is 1. The number of aryl methyl sites for hydroxylation is 1. The van der Waals surface area contributed by atoms with Crippen molar-refractivity contribution in [1.82, 2.24) is 0 Å². The van der Waals surface area contributed by atoms with E-state index in [0.717, 1.165) is 0 Å². The van der Waals surface area contributed by atoms with Gasteiger partial charge < -0.3 is 14.3 Å². The van der Waals surface area contributed by atoms with E-state index in [9.17, 15) is 14.7 Å². The van der Waals surface area contributed by atoms with Crippen LogP contribution < -0.4 is 5.63 Å². The molecule has 0 atom stereocenters. The lowest BCUT2D eigenvalue weighted by molar-refractivity contribution is 0.0522. The van der Waals surface area contributed by atoms with Crippen LogP contribution in [0.2, 0.25) is 0 Å². The lowest BCUT2D eigenvalue weighted by Crippen LogP contribution is -2.16. The molecule has 0 aliphatic rings. The van der Waals surface area contributed by atoms with Crippen molar-refractivity contribution in [3.05, 3.63) is 39.7 Å². The summed E-state index contributed by atoms with van der Waals surface area (Å²) in [4.78, 5) is 23.1. The number of benzene rings is 1. The summed E-state index contributed by atoms with van der Waals surface area (Å²) in [5.41, 5.74) is -0.0547. The minimum absolute atomic E-state index is 0.0366.